The lowest BCUT2D eigenvalue weighted by atomic mass is 9.94. The zero-order valence-electron chi connectivity index (χ0n) is 12.2. The van der Waals surface area contributed by atoms with Gasteiger partial charge in [0, 0.05) is 36.7 Å². The van der Waals surface area contributed by atoms with E-state index in [4.69, 9.17) is 0 Å². The van der Waals surface area contributed by atoms with Crippen molar-refractivity contribution in [2.45, 2.75) is 33.2 Å². The quantitative estimate of drug-likeness (QED) is 0.907. The van der Waals surface area contributed by atoms with E-state index < -0.39 is 0 Å². The summed E-state index contributed by atoms with van der Waals surface area (Å²) in [5.74, 6) is 0.716. The molecule has 1 aliphatic rings. The monoisotopic (exact) mass is 324 g/mol. The van der Waals surface area contributed by atoms with Crippen molar-refractivity contribution in [3.63, 3.8) is 0 Å². The first-order valence-electron chi connectivity index (χ1n) is 7.28. The fraction of sp³-hybridized carbons (Fsp3) is 0.625. The number of rotatable bonds is 4. The normalized spacial score (nSPS) is 18.8. The molecule has 1 atom stereocenters. The van der Waals surface area contributed by atoms with Crippen molar-refractivity contribution in [3.05, 3.63) is 33.8 Å². The minimum Gasteiger partial charge on any atom is -0.314 e. The number of benzene rings is 1. The minimum absolute atomic E-state index is 0.539. The molecule has 0 radical (unpaired) electrons. The predicted octanol–water partition coefficient (Wildman–Crippen LogP) is 3.75. The van der Waals surface area contributed by atoms with E-state index >= 15 is 0 Å². The van der Waals surface area contributed by atoms with Crippen molar-refractivity contribution in [2.75, 3.05) is 26.2 Å². The van der Waals surface area contributed by atoms with Crippen LogP contribution in [0, 0.1) is 12.8 Å². The standard InChI is InChI=1S/C16H25BrN2/c1-12(2)10-16(19-8-6-18-7-9-19)14-5-4-13(3)11-15(14)17/h4-5,11-12,16,18H,6-10H2,1-3H3/t16-/m1/s1. The molecule has 1 aliphatic heterocycles. The Bertz CT molecular complexity index is 411. The van der Waals surface area contributed by atoms with Crippen molar-refractivity contribution in [1.29, 1.82) is 0 Å². The molecule has 0 spiro atoms. The largest absolute Gasteiger partial charge is 0.314 e. The highest BCUT2D eigenvalue weighted by atomic mass is 79.9. The van der Waals surface area contributed by atoms with Gasteiger partial charge in [-0.2, -0.15) is 0 Å². The van der Waals surface area contributed by atoms with Crippen molar-refractivity contribution < 1.29 is 0 Å². The van der Waals surface area contributed by atoms with Crippen molar-refractivity contribution in [3.8, 4) is 0 Å². The molecule has 2 rings (SSSR count). The van der Waals surface area contributed by atoms with Crippen molar-refractivity contribution in [2.24, 2.45) is 5.92 Å². The lowest BCUT2D eigenvalue weighted by Crippen LogP contribution is -2.45. The molecule has 0 bridgehead atoms. The zero-order valence-corrected chi connectivity index (χ0v) is 13.8. The first kappa shape index (κ1) is 15.0. The van der Waals surface area contributed by atoms with Gasteiger partial charge in [-0.15, -0.1) is 0 Å². The Morgan fingerprint density at radius 1 is 1.26 bits per heavy atom. The fourth-order valence-corrected chi connectivity index (χ4v) is 3.57. The molecule has 0 aromatic heterocycles. The molecule has 1 heterocycles. The highest BCUT2D eigenvalue weighted by Crippen LogP contribution is 2.33. The molecule has 1 N–H and O–H groups in total. The fourth-order valence-electron chi connectivity index (χ4n) is 2.82. The van der Waals surface area contributed by atoms with E-state index in [1.54, 1.807) is 0 Å². The van der Waals surface area contributed by atoms with Gasteiger partial charge in [0.15, 0.2) is 0 Å². The summed E-state index contributed by atoms with van der Waals surface area (Å²) in [5, 5.41) is 3.44. The highest BCUT2D eigenvalue weighted by molar-refractivity contribution is 9.10. The van der Waals surface area contributed by atoms with Crippen LogP contribution in [-0.2, 0) is 0 Å². The molecule has 106 valence electrons. The smallest absolute Gasteiger partial charge is 0.0362 e. The summed E-state index contributed by atoms with van der Waals surface area (Å²) in [5.41, 5.74) is 2.76. The van der Waals surface area contributed by atoms with E-state index in [0.29, 0.717) is 12.0 Å². The Morgan fingerprint density at radius 3 is 2.53 bits per heavy atom. The van der Waals surface area contributed by atoms with Gasteiger partial charge in [0.05, 0.1) is 0 Å². The van der Waals surface area contributed by atoms with Crippen LogP contribution in [0.4, 0.5) is 0 Å². The lowest BCUT2D eigenvalue weighted by Gasteiger charge is -2.36. The van der Waals surface area contributed by atoms with Gasteiger partial charge in [-0.05, 0) is 36.5 Å². The molecular weight excluding hydrogens is 300 g/mol. The molecule has 3 heteroatoms. The first-order valence-corrected chi connectivity index (χ1v) is 8.08. The Balaban J connectivity index is 2.25. The number of hydrogen-bond acceptors (Lipinski definition) is 2. The van der Waals surface area contributed by atoms with Gasteiger partial charge in [0.2, 0.25) is 0 Å². The Kier molecular flexibility index (Phi) is 5.43. The van der Waals surface area contributed by atoms with Gasteiger partial charge in [-0.1, -0.05) is 41.9 Å². The second-order valence-electron chi connectivity index (χ2n) is 5.96. The molecule has 19 heavy (non-hydrogen) atoms. The predicted molar refractivity (Wildman–Crippen MR) is 85.5 cm³/mol. The van der Waals surface area contributed by atoms with Crippen LogP contribution in [0.5, 0.6) is 0 Å². The third kappa shape index (κ3) is 4.04. The van der Waals surface area contributed by atoms with Crippen molar-refractivity contribution in [1.82, 2.24) is 10.2 Å². The van der Waals surface area contributed by atoms with Crippen LogP contribution < -0.4 is 5.32 Å². The molecule has 1 saturated heterocycles. The Morgan fingerprint density at radius 2 is 1.95 bits per heavy atom. The van der Waals surface area contributed by atoms with E-state index in [0.717, 1.165) is 26.2 Å². The van der Waals surface area contributed by atoms with Gasteiger partial charge in [-0.25, -0.2) is 0 Å². The molecule has 1 fully saturated rings. The maximum Gasteiger partial charge on any atom is 0.0362 e. The maximum absolute atomic E-state index is 3.76. The van der Waals surface area contributed by atoms with Crippen LogP contribution in [0.1, 0.15) is 37.4 Å². The number of hydrogen-bond donors (Lipinski definition) is 1. The molecule has 0 unspecified atom stereocenters. The van der Waals surface area contributed by atoms with Crippen LogP contribution in [0.3, 0.4) is 0 Å². The lowest BCUT2D eigenvalue weighted by molar-refractivity contribution is 0.153. The van der Waals surface area contributed by atoms with Crippen LogP contribution in [0.2, 0.25) is 0 Å². The van der Waals surface area contributed by atoms with Crippen LogP contribution in [0.15, 0.2) is 22.7 Å². The van der Waals surface area contributed by atoms with Gasteiger partial charge < -0.3 is 5.32 Å². The van der Waals surface area contributed by atoms with E-state index in [1.807, 2.05) is 0 Å². The number of nitrogens with zero attached hydrogens (tertiary/aromatic N) is 1. The Labute approximate surface area is 125 Å². The molecule has 0 aliphatic carbocycles. The van der Waals surface area contributed by atoms with Gasteiger partial charge in [0.25, 0.3) is 0 Å². The third-order valence-corrected chi connectivity index (χ3v) is 4.49. The van der Waals surface area contributed by atoms with E-state index in [9.17, 15) is 0 Å². The van der Waals surface area contributed by atoms with Crippen molar-refractivity contribution >= 4 is 15.9 Å². The summed E-state index contributed by atoms with van der Waals surface area (Å²) in [6.07, 6.45) is 1.22. The minimum atomic E-state index is 0.539. The molecule has 1 aromatic rings. The van der Waals surface area contributed by atoms with E-state index in [2.05, 4.69) is 65.1 Å². The molecule has 2 nitrogen and oxygen atoms in total. The second kappa shape index (κ2) is 6.87. The second-order valence-corrected chi connectivity index (χ2v) is 6.81. The highest BCUT2D eigenvalue weighted by Gasteiger charge is 2.24. The SMILES string of the molecule is Cc1ccc([C@@H](CC(C)C)N2CCNCC2)c(Br)c1. The van der Waals surface area contributed by atoms with Crippen LogP contribution >= 0.6 is 15.9 Å². The number of piperazine rings is 1. The summed E-state index contributed by atoms with van der Waals surface area (Å²) >= 11 is 3.76. The average molecular weight is 325 g/mol. The van der Waals surface area contributed by atoms with E-state index in [1.165, 1.54) is 22.0 Å². The number of aryl methyl sites for hydroxylation is 1. The first-order chi connectivity index (χ1) is 9.08. The maximum atomic E-state index is 3.76. The summed E-state index contributed by atoms with van der Waals surface area (Å²) in [6, 6.07) is 7.31. The van der Waals surface area contributed by atoms with Gasteiger partial charge >= 0.3 is 0 Å². The Hall–Kier alpha value is -0.380. The number of nitrogens with one attached hydrogen (secondary N) is 1. The number of halogens is 1. The average Bonchev–Trinajstić information content (AvgIpc) is 2.37. The summed E-state index contributed by atoms with van der Waals surface area (Å²) in [7, 11) is 0. The molecule has 0 saturated carbocycles. The van der Waals surface area contributed by atoms with Gasteiger partial charge in [0.1, 0.15) is 0 Å². The third-order valence-electron chi connectivity index (χ3n) is 3.80. The molecule has 0 amide bonds. The zero-order chi connectivity index (χ0) is 13.8. The van der Waals surface area contributed by atoms with Gasteiger partial charge in [-0.3, -0.25) is 4.90 Å². The van der Waals surface area contributed by atoms with E-state index in [-0.39, 0.29) is 0 Å². The topological polar surface area (TPSA) is 15.3 Å². The summed E-state index contributed by atoms with van der Waals surface area (Å²) in [4.78, 5) is 2.63. The van der Waals surface area contributed by atoms with Crippen LogP contribution in [0.25, 0.3) is 0 Å². The molecule has 1 aromatic carbocycles. The molecular formula is C16H25BrN2. The summed E-state index contributed by atoms with van der Waals surface area (Å²) in [6.45, 7) is 11.3. The summed E-state index contributed by atoms with van der Waals surface area (Å²) < 4.78 is 1.26. The van der Waals surface area contributed by atoms with Crippen LogP contribution in [-0.4, -0.2) is 31.1 Å².